The maximum Gasteiger partial charge on any atom is 0.343 e. The maximum atomic E-state index is 11.9. The number of nitrogens with two attached hydrogens (primary N) is 1. The fourth-order valence-electron chi connectivity index (χ4n) is 2.05. The summed E-state index contributed by atoms with van der Waals surface area (Å²) in [6, 6.07) is 5.80. The van der Waals surface area contributed by atoms with Gasteiger partial charge in [0.05, 0.1) is 12.3 Å². The van der Waals surface area contributed by atoms with Gasteiger partial charge in [0.2, 0.25) is 0 Å². The van der Waals surface area contributed by atoms with E-state index in [1.807, 2.05) is 25.1 Å². The molecule has 0 aliphatic carbocycles. The second kappa shape index (κ2) is 6.22. The van der Waals surface area contributed by atoms with Crippen molar-refractivity contribution in [1.29, 1.82) is 0 Å². The SMILES string of the molecule is CCOC(=O)c1c(C)nc(-c2ccc(Br)cc2C)nc1N. The van der Waals surface area contributed by atoms with Gasteiger partial charge in [-0.1, -0.05) is 15.9 Å². The maximum absolute atomic E-state index is 11.9. The molecule has 0 radical (unpaired) electrons. The first-order valence-electron chi connectivity index (χ1n) is 6.51. The van der Waals surface area contributed by atoms with Crippen LogP contribution in [-0.2, 0) is 4.74 Å². The third-order valence-corrected chi connectivity index (χ3v) is 3.52. The van der Waals surface area contributed by atoms with Crippen LogP contribution in [0.25, 0.3) is 11.4 Å². The summed E-state index contributed by atoms with van der Waals surface area (Å²) in [7, 11) is 0. The Morgan fingerprint density at radius 2 is 2.05 bits per heavy atom. The van der Waals surface area contributed by atoms with Crippen LogP contribution in [0, 0.1) is 13.8 Å². The van der Waals surface area contributed by atoms with Crippen LogP contribution in [0.1, 0.15) is 28.5 Å². The van der Waals surface area contributed by atoms with Crippen LogP contribution in [0.15, 0.2) is 22.7 Å². The summed E-state index contributed by atoms with van der Waals surface area (Å²) < 4.78 is 5.95. The lowest BCUT2D eigenvalue weighted by Crippen LogP contribution is -2.13. The molecule has 1 heterocycles. The predicted octanol–water partition coefficient (Wildman–Crippen LogP) is 3.28. The molecule has 2 N–H and O–H groups in total. The monoisotopic (exact) mass is 349 g/mol. The molecule has 0 bridgehead atoms. The van der Waals surface area contributed by atoms with Crippen LogP contribution in [0.5, 0.6) is 0 Å². The lowest BCUT2D eigenvalue weighted by molar-refractivity contribution is 0.0526. The molecule has 21 heavy (non-hydrogen) atoms. The average Bonchev–Trinajstić information content (AvgIpc) is 2.37. The third kappa shape index (κ3) is 3.21. The lowest BCUT2D eigenvalue weighted by Gasteiger charge is -2.11. The molecule has 0 atom stereocenters. The van der Waals surface area contributed by atoms with Gasteiger partial charge in [-0.05, 0) is 44.5 Å². The van der Waals surface area contributed by atoms with Crippen LogP contribution in [0.4, 0.5) is 5.82 Å². The zero-order chi connectivity index (χ0) is 15.6. The van der Waals surface area contributed by atoms with Crippen LogP contribution in [0.2, 0.25) is 0 Å². The second-order valence-corrected chi connectivity index (χ2v) is 5.49. The van der Waals surface area contributed by atoms with E-state index in [4.69, 9.17) is 10.5 Å². The smallest absolute Gasteiger partial charge is 0.343 e. The van der Waals surface area contributed by atoms with Crippen molar-refractivity contribution in [3.63, 3.8) is 0 Å². The quantitative estimate of drug-likeness (QED) is 0.860. The molecule has 0 saturated heterocycles. The van der Waals surface area contributed by atoms with Crippen molar-refractivity contribution in [1.82, 2.24) is 9.97 Å². The summed E-state index contributed by atoms with van der Waals surface area (Å²) in [5.74, 6) is 0.146. The van der Waals surface area contributed by atoms with Crippen molar-refractivity contribution >= 4 is 27.7 Å². The highest BCUT2D eigenvalue weighted by Crippen LogP contribution is 2.26. The third-order valence-electron chi connectivity index (χ3n) is 3.03. The summed E-state index contributed by atoms with van der Waals surface area (Å²) in [4.78, 5) is 20.5. The summed E-state index contributed by atoms with van der Waals surface area (Å²) in [6.07, 6.45) is 0. The summed E-state index contributed by atoms with van der Waals surface area (Å²) >= 11 is 3.42. The lowest BCUT2D eigenvalue weighted by atomic mass is 10.1. The number of esters is 1. The van der Waals surface area contributed by atoms with Gasteiger partial charge in [0.1, 0.15) is 11.4 Å². The van der Waals surface area contributed by atoms with Gasteiger partial charge in [0.25, 0.3) is 0 Å². The molecule has 0 aliphatic rings. The Kier molecular flexibility index (Phi) is 4.57. The highest BCUT2D eigenvalue weighted by molar-refractivity contribution is 9.10. The molecule has 1 aromatic heterocycles. The first-order valence-corrected chi connectivity index (χ1v) is 7.31. The van der Waals surface area contributed by atoms with Crippen molar-refractivity contribution in [3.05, 3.63) is 39.5 Å². The van der Waals surface area contributed by atoms with Gasteiger partial charge in [-0.3, -0.25) is 0 Å². The Balaban J connectivity index is 2.51. The topological polar surface area (TPSA) is 78.1 Å². The normalized spacial score (nSPS) is 10.5. The van der Waals surface area contributed by atoms with Gasteiger partial charge in [-0.25, -0.2) is 14.8 Å². The Bertz CT molecular complexity index is 678. The molecular weight excluding hydrogens is 334 g/mol. The molecule has 0 aliphatic heterocycles. The first-order chi connectivity index (χ1) is 9.93. The number of benzene rings is 1. The van der Waals surface area contributed by atoms with Crippen molar-refractivity contribution in [3.8, 4) is 11.4 Å². The highest BCUT2D eigenvalue weighted by Gasteiger charge is 2.19. The fraction of sp³-hybridized carbons (Fsp3) is 0.267. The number of hydrogen-bond acceptors (Lipinski definition) is 5. The van der Waals surface area contributed by atoms with E-state index in [0.29, 0.717) is 11.5 Å². The molecule has 5 nitrogen and oxygen atoms in total. The average molecular weight is 350 g/mol. The van der Waals surface area contributed by atoms with E-state index in [1.165, 1.54) is 0 Å². The van der Waals surface area contributed by atoms with Crippen molar-refractivity contribution < 1.29 is 9.53 Å². The van der Waals surface area contributed by atoms with E-state index in [0.717, 1.165) is 15.6 Å². The van der Waals surface area contributed by atoms with E-state index >= 15 is 0 Å². The number of nitrogen functional groups attached to an aromatic ring is 1. The Labute approximate surface area is 131 Å². The molecule has 0 spiro atoms. The number of anilines is 1. The summed E-state index contributed by atoms with van der Waals surface area (Å²) in [6.45, 7) is 5.71. The summed E-state index contributed by atoms with van der Waals surface area (Å²) in [5, 5.41) is 0. The summed E-state index contributed by atoms with van der Waals surface area (Å²) in [5.41, 5.74) is 8.55. The van der Waals surface area contributed by atoms with Crippen LogP contribution in [0.3, 0.4) is 0 Å². The van der Waals surface area contributed by atoms with Gasteiger partial charge >= 0.3 is 5.97 Å². The minimum Gasteiger partial charge on any atom is -0.462 e. The molecule has 0 unspecified atom stereocenters. The molecule has 0 saturated carbocycles. The van der Waals surface area contributed by atoms with Crippen LogP contribution >= 0.6 is 15.9 Å². The number of hydrogen-bond donors (Lipinski definition) is 1. The predicted molar refractivity (Wildman–Crippen MR) is 85.0 cm³/mol. The Morgan fingerprint density at radius 3 is 2.62 bits per heavy atom. The first kappa shape index (κ1) is 15.4. The molecular formula is C15H16BrN3O2. The molecule has 2 aromatic rings. The molecule has 0 fully saturated rings. The zero-order valence-corrected chi connectivity index (χ0v) is 13.7. The fourth-order valence-corrected chi connectivity index (χ4v) is 2.52. The largest absolute Gasteiger partial charge is 0.462 e. The molecule has 6 heteroatoms. The van der Waals surface area contributed by atoms with E-state index < -0.39 is 5.97 Å². The minimum absolute atomic E-state index is 0.137. The van der Waals surface area contributed by atoms with Gasteiger partial charge in [0.15, 0.2) is 5.82 Å². The Morgan fingerprint density at radius 1 is 1.33 bits per heavy atom. The number of rotatable bonds is 3. The highest BCUT2D eigenvalue weighted by atomic mass is 79.9. The van der Waals surface area contributed by atoms with E-state index in [1.54, 1.807) is 13.8 Å². The van der Waals surface area contributed by atoms with Gasteiger partial charge in [0, 0.05) is 10.0 Å². The van der Waals surface area contributed by atoms with Crippen molar-refractivity contribution in [2.75, 3.05) is 12.3 Å². The van der Waals surface area contributed by atoms with Crippen molar-refractivity contribution in [2.45, 2.75) is 20.8 Å². The number of carbonyl (C=O) groups excluding carboxylic acids is 1. The van der Waals surface area contributed by atoms with Crippen LogP contribution in [-0.4, -0.2) is 22.5 Å². The number of nitrogens with zero attached hydrogens (tertiary/aromatic N) is 2. The molecule has 0 amide bonds. The molecule has 2 rings (SSSR count). The zero-order valence-electron chi connectivity index (χ0n) is 12.1. The van der Waals surface area contributed by atoms with E-state index in [2.05, 4.69) is 25.9 Å². The van der Waals surface area contributed by atoms with Gasteiger partial charge < -0.3 is 10.5 Å². The standard InChI is InChI=1S/C15H16BrN3O2/c1-4-21-15(20)12-9(3)18-14(19-13(12)17)11-6-5-10(16)7-8(11)2/h5-7H,4H2,1-3H3,(H2,17,18,19). The van der Waals surface area contributed by atoms with Crippen molar-refractivity contribution in [2.24, 2.45) is 0 Å². The Hall–Kier alpha value is -1.95. The molecule has 1 aromatic carbocycles. The van der Waals surface area contributed by atoms with E-state index in [-0.39, 0.29) is 18.0 Å². The number of ether oxygens (including phenoxy) is 1. The van der Waals surface area contributed by atoms with Gasteiger partial charge in [-0.2, -0.15) is 0 Å². The number of halogens is 1. The second-order valence-electron chi connectivity index (χ2n) is 4.57. The number of carbonyl (C=O) groups is 1. The van der Waals surface area contributed by atoms with E-state index in [9.17, 15) is 4.79 Å². The number of aromatic nitrogens is 2. The van der Waals surface area contributed by atoms with Gasteiger partial charge in [-0.15, -0.1) is 0 Å². The minimum atomic E-state index is -0.494. The van der Waals surface area contributed by atoms with Crippen LogP contribution < -0.4 is 5.73 Å². The molecule has 110 valence electrons. The number of aryl methyl sites for hydroxylation is 2.